The van der Waals surface area contributed by atoms with Crippen LogP contribution in [0.15, 0.2) is 30.9 Å². The van der Waals surface area contributed by atoms with Crippen LogP contribution in [0.4, 0.5) is 0 Å². The van der Waals surface area contributed by atoms with E-state index in [0.29, 0.717) is 6.04 Å². The van der Waals surface area contributed by atoms with E-state index in [1.165, 1.54) is 0 Å². The third-order valence-corrected chi connectivity index (χ3v) is 3.88. The maximum atomic E-state index is 5.28. The van der Waals surface area contributed by atoms with E-state index in [0.717, 1.165) is 48.5 Å². The molecule has 0 atom stereocenters. The van der Waals surface area contributed by atoms with Crippen molar-refractivity contribution in [2.24, 2.45) is 0 Å². The molecule has 21 heavy (non-hydrogen) atoms. The van der Waals surface area contributed by atoms with Crippen molar-refractivity contribution in [3.05, 3.63) is 36.7 Å². The lowest BCUT2D eigenvalue weighted by Crippen LogP contribution is -2.28. The van der Waals surface area contributed by atoms with Gasteiger partial charge in [-0.3, -0.25) is 0 Å². The Balaban J connectivity index is 2.32. The maximum absolute atomic E-state index is 5.28. The van der Waals surface area contributed by atoms with Crippen LogP contribution in [0.2, 0.25) is 0 Å². The van der Waals surface area contributed by atoms with Gasteiger partial charge in [-0.2, -0.15) is 0 Å². The molecule has 0 spiro atoms. The van der Waals surface area contributed by atoms with Crippen LogP contribution in [-0.2, 0) is 13.1 Å². The van der Waals surface area contributed by atoms with Crippen molar-refractivity contribution in [3.8, 4) is 5.75 Å². The average Bonchev–Trinajstić information content (AvgIpc) is 2.86. The molecule has 1 heterocycles. The first-order valence-electron chi connectivity index (χ1n) is 7.60. The van der Waals surface area contributed by atoms with Gasteiger partial charge in [0.2, 0.25) is 0 Å². The highest BCUT2D eigenvalue weighted by Gasteiger charge is 2.12. The molecule has 4 nitrogen and oxygen atoms in total. The topological polar surface area (TPSA) is 39.1 Å². The van der Waals surface area contributed by atoms with E-state index >= 15 is 0 Å². The predicted molar refractivity (Wildman–Crippen MR) is 87.7 cm³/mol. The van der Waals surface area contributed by atoms with Crippen LogP contribution in [0.1, 0.15) is 32.5 Å². The zero-order valence-corrected chi connectivity index (χ0v) is 13.2. The number of nitrogens with zero attached hydrogens (tertiary/aromatic N) is 2. The van der Waals surface area contributed by atoms with E-state index in [4.69, 9.17) is 9.72 Å². The zero-order chi connectivity index (χ0) is 15.2. The lowest BCUT2D eigenvalue weighted by atomic mass is 10.2. The maximum Gasteiger partial charge on any atom is 0.124 e. The van der Waals surface area contributed by atoms with Crippen molar-refractivity contribution in [3.63, 3.8) is 0 Å². The number of aromatic nitrogens is 2. The van der Waals surface area contributed by atoms with Gasteiger partial charge in [0, 0.05) is 18.7 Å². The first-order chi connectivity index (χ1) is 10.2. The van der Waals surface area contributed by atoms with Crippen molar-refractivity contribution in [2.75, 3.05) is 7.11 Å². The molecule has 114 valence electrons. The van der Waals surface area contributed by atoms with Gasteiger partial charge in [-0.1, -0.05) is 19.9 Å². The fraction of sp³-hybridized carbons (Fsp3) is 0.471. The molecule has 4 heteroatoms. The summed E-state index contributed by atoms with van der Waals surface area (Å²) in [4.78, 5) is 4.75. The zero-order valence-electron chi connectivity index (χ0n) is 13.2. The van der Waals surface area contributed by atoms with Crippen molar-refractivity contribution in [1.29, 1.82) is 0 Å². The van der Waals surface area contributed by atoms with Crippen LogP contribution < -0.4 is 10.1 Å². The number of fused-ring (bicyclic) bond motifs is 1. The Hall–Kier alpha value is -1.81. The van der Waals surface area contributed by atoms with Gasteiger partial charge in [0.15, 0.2) is 0 Å². The van der Waals surface area contributed by atoms with Gasteiger partial charge in [-0.05, 0) is 25.0 Å². The molecule has 1 aromatic carbocycles. The van der Waals surface area contributed by atoms with Gasteiger partial charge in [-0.15, -0.1) is 6.58 Å². The Morgan fingerprint density at radius 2 is 2.14 bits per heavy atom. The second kappa shape index (κ2) is 7.27. The van der Waals surface area contributed by atoms with Gasteiger partial charge in [0.1, 0.15) is 11.6 Å². The molecule has 0 unspecified atom stereocenters. The smallest absolute Gasteiger partial charge is 0.124 e. The van der Waals surface area contributed by atoms with Crippen molar-refractivity contribution in [1.82, 2.24) is 14.9 Å². The number of rotatable bonds is 8. The lowest BCUT2D eigenvalue weighted by molar-refractivity contribution is 0.415. The number of allylic oxidation sites excluding steroid dienone is 1. The van der Waals surface area contributed by atoms with E-state index in [-0.39, 0.29) is 0 Å². The summed E-state index contributed by atoms with van der Waals surface area (Å²) in [5.41, 5.74) is 2.09. The van der Waals surface area contributed by atoms with E-state index < -0.39 is 0 Å². The molecular formula is C17H25N3O. The van der Waals surface area contributed by atoms with Gasteiger partial charge < -0.3 is 14.6 Å². The van der Waals surface area contributed by atoms with Crippen LogP contribution >= 0.6 is 0 Å². The molecule has 0 aliphatic heterocycles. The molecule has 0 saturated heterocycles. The summed E-state index contributed by atoms with van der Waals surface area (Å²) in [5.74, 6) is 1.88. The first kappa shape index (κ1) is 15.6. The largest absolute Gasteiger partial charge is 0.497 e. The molecule has 0 aliphatic carbocycles. The Kier molecular flexibility index (Phi) is 5.39. The molecule has 0 bridgehead atoms. The van der Waals surface area contributed by atoms with Crippen LogP contribution in [-0.4, -0.2) is 22.7 Å². The van der Waals surface area contributed by atoms with Gasteiger partial charge >= 0.3 is 0 Å². The monoisotopic (exact) mass is 287 g/mol. The molecule has 0 aliphatic rings. The van der Waals surface area contributed by atoms with E-state index in [2.05, 4.69) is 36.4 Å². The molecule has 1 aromatic heterocycles. The summed E-state index contributed by atoms with van der Waals surface area (Å²) in [6.07, 6.45) is 4.17. The van der Waals surface area contributed by atoms with Crippen LogP contribution in [0.3, 0.4) is 0 Å². The highest BCUT2D eigenvalue weighted by atomic mass is 16.5. The molecule has 2 aromatic rings. The van der Waals surface area contributed by atoms with Gasteiger partial charge in [-0.25, -0.2) is 4.98 Å². The second-order valence-corrected chi connectivity index (χ2v) is 5.18. The standard InChI is InChI=1S/C17H25N3O/c1-5-10-20-16-9-8-14(21-4)11-15(16)19-17(20)12-18-13(6-2)7-3/h5,8-9,11,13,18H,1,6-7,10,12H2,2-4H3. The molecule has 1 N–H and O–H groups in total. The quantitative estimate of drug-likeness (QED) is 0.755. The van der Waals surface area contributed by atoms with Crippen molar-refractivity contribution in [2.45, 2.75) is 45.8 Å². The molecular weight excluding hydrogens is 262 g/mol. The first-order valence-corrected chi connectivity index (χ1v) is 7.60. The Labute approximate surface area is 126 Å². The fourth-order valence-electron chi connectivity index (χ4n) is 2.57. The summed E-state index contributed by atoms with van der Waals surface area (Å²) in [5, 5.41) is 3.57. The summed E-state index contributed by atoms with van der Waals surface area (Å²) in [6, 6.07) is 6.55. The van der Waals surface area contributed by atoms with Crippen LogP contribution in [0.5, 0.6) is 5.75 Å². The highest BCUT2D eigenvalue weighted by molar-refractivity contribution is 5.77. The summed E-state index contributed by atoms with van der Waals surface area (Å²) >= 11 is 0. The van der Waals surface area contributed by atoms with Crippen LogP contribution in [0.25, 0.3) is 11.0 Å². The summed E-state index contributed by atoms with van der Waals surface area (Å²) in [6.45, 7) is 9.81. The van der Waals surface area contributed by atoms with Crippen LogP contribution in [0, 0.1) is 0 Å². The third kappa shape index (κ3) is 3.45. The number of hydrogen-bond acceptors (Lipinski definition) is 3. The minimum atomic E-state index is 0.538. The number of imidazole rings is 1. The molecule has 0 fully saturated rings. The van der Waals surface area contributed by atoms with E-state index in [1.54, 1.807) is 7.11 Å². The molecule has 0 amide bonds. The average molecular weight is 287 g/mol. The Morgan fingerprint density at radius 3 is 2.76 bits per heavy atom. The van der Waals surface area contributed by atoms with Crippen molar-refractivity contribution < 1.29 is 4.74 Å². The number of methoxy groups -OCH3 is 1. The predicted octanol–water partition coefficient (Wildman–Crippen LogP) is 3.51. The SMILES string of the molecule is C=CCn1c(CNC(CC)CC)nc2cc(OC)ccc21. The van der Waals surface area contributed by atoms with E-state index in [1.807, 2.05) is 18.2 Å². The van der Waals surface area contributed by atoms with Crippen molar-refractivity contribution >= 4 is 11.0 Å². The Morgan fingerprint density at radius 1 is 1.38 bits per heavy atom. The molecule has 0 radical (unpaired) electrons. The van der Waals surface area contributed by atoms with E-state index in [9.17, 15) is 0 Å². The number of ether oxygens (including phenoxy) is 1. The Bertz CT molecular complexity index is 599. The van der Waals surface area contributed by atoms with Gasteiger partial charge in [0.25, 0.3) is 0 Å². The highest BCUT2D eigenvalue weighted by Crippen LogP contribution is 2.22. The minimum Gasteiger partial charge on any atom is -0.497 e. The molecule has 2 rings (SSSR count). The summed E-state index contributed by atoms with van der Waals surface area (Å²) < 4.78 is 7.48. The fourth-order valence-corrected chi connectivity index (χ4v) is 2.57. The number of hydrogen-bond donors (Lipinski definition) is 1. The molecule has 0 saturated carbocycles. The summed E-state index contributed by atoms with van der Waals surface area (Å²) in [7, 11) is 1.68. The third-order valence-electron chi connectivity index (χ3n) is 3.88. The second-order valence-electron chi connectivity index (χ2n) is 5.18. The minimum absolute atomic E-state index is 0.538. The number of benzene rings is 1. The normalized spacial score (nSPS) is 11.2. The van der Waals surface area contributed by atoms with Gasteiger partial charge in [0.05, 0.1) is 24.7 Å². The lowest BCUT2D eigenvalue weighted by Gasteiger charge is -2.15. The number of nitrogens with one attached hydrogen (secondary N) is 1.